The molecule has 1 rings (SSSR count). The number of hydrogen-bond donors (Lipinski definition) is 8. The van der Waals surface area contributed by atoms with Gasteiger partial charge in [-0.25, -0.2) is 5.53 Å². The lowest BCUT2D eigenvalue weighted by molar-refractivity contribution is -0.118. The number of nitrogens with zero attached hydrogens (tertiary/aromatic N) is 3. The minimum absolute atomic E-state index is 0.0755. The van der Waals surface area contributed by atoms with Crippen LogP contribution in [0.2, 0.25) is 0 Å². The minimum atomic E-state index is -0.638. The van der Waals surface area contributed by atoms with Crippen molar-refractivity contribution in [1.29, 1.82) is 0 Å². The molecule has 1 amide bonds. The van der Waals surface area contributed by atoms with E-state index in [1.165, 1.54) is 6.20 Å². The average molecular weight is 523 g/mol. The molecule has 210 valence electrons. The van der Waals surface area contributed by atoms with Crippen LogP contribution in [0.3, 0.4) is 0 Å². The summed E-state index contributed by atoms with van der Waals surface area (Å²) < 4.78 is 6.04. The van der Waals surface area contributed by atoms with E-state index in [1.807, 2.05) is 32.9 Å². The van der Waals surface area contributed by atoms with Gasteiger partial charge in [0.15, 0.2) is 5.96 Å². The quantitative estimate of drug-likeness (QED) is 0.0265. The van der Waals surface area contributed by atoms with Crippen LogP contribution in [0.1, 0.15) is 66.7 Å². The van der Waals surface area contributed by atoms with Crippen LogP contribution in [0.25, 0.3) is 0 Å². The van der Waals surface area contributed by atoms with Gasteiger partial charge in [-0.1, -0.05) is 32.9 Å². The number of aliphatic hydroxyl groups is 1. The van der Waals surface area contributed by atoms with Gasteiger partial charge in [-0.15, -0.1) is 0 Å². The monoisotopic (exact) mass is 522 g/mol. The molecule has 0 aliphatic heterocycles. The number of unbranched alkanes of at least 4 members (excludes halogenated alkanes) is 2. The second-order valence-corrected chi connectivity index (χ2v) is 9.96. The number of nitrogens with two attached hydrogens (primary N) is 3. The molecule has 13 nitrogen and oxygen atoms in total. The predicted octanol–water partition coefficient (Wildman–Crippen LogP) is 1.68. The Labute approximate surface area is 220 Å². The number of guanidine groups is 1. The lowest BCUT2D eigenvalue weighted by Crippen LogP contribution is -2.47. The zero-order valence-corrected chi connectivity index (χ0v) is 22.8. The molecule has 11 N–H and O–H groups in total. The van der Waals surface area contributed by atoms with E-state index in [2.05, 4.69) is 50.9 Å². The van der Waals surface area contributed by atoms with Gasteiger partial charge >= 0.3 is 0 Å². The first kappa shape index (κ1) is 31.5. The van der Waals surface area contributed by atoms with Gasteiger partial charge in [0.25, 0.3) is 5.91 Å². The Kier molecular flexibility index (Phi) is 13.9. The number of hydrogen-bond acceptors (Lipinski definition) is 8. The molecule has 0 saturated heterocycles. The second-order valence-electron chi connectivity index (χ2n) is 9.96. The maximum absolute atomic E-state index is 13.5. The highest BCUT2D eigenvalue weighted by atomic mass is 16.5. The molecule has 0 saturated carbocycles. The highest BCUT2D eigenvalue weighted by Gasteiger charge is 2.32. The van der Waals surface area contributed by atoms with Crippen LogP contribution < -0.4 is 38.9 Å². The highest BCUT2D eigenvalue weighted by molar-refractivity contribution is 5.98. The van der Waals surface area contributed by atoms with Crippen molar-refractivity contribution in [2.75, 3.05) is 13.2 Å². The van der Waals surface area contributed by atoms with E-state index in [4.69, 9.17) is 22.0 Å². The number of amides is 1. The number of hydrazine groups is 1. The van der Waals surface area contributed by atoms with Crippen LogP contribution in [0.4, 0.5) is 0 Å². The molecule has 0 heterocycles. The van der Waals surface area contributed by atoms with Crippen molar-refractivity contribution in [2.45, 2.75) is 84.3 Å². The highest BCUT2D eigenvalue weighted by Crippen LogP contribution is 2.28. The molecule has 1 unspecified atom stereocenters. The predicted molar refractivity (Wildman–Crippen MR) is 145 cm³/mol. The summed E-state index contributed by atoms with van der Waals surface area (Å²) in [5.74, 6) is 5.34. The van der Waals surface area contributed by atoms with Crippen LogP contribution in [0.5, 0.6) is 0 Å². The Bertz CT molecular complexity index is 863. The first-order valence-corrected chi connectivity index (χ1v) is 12.7. The number of nitrogens with one attached hydrogen (secondary N) is 4. The SMILES string of the molecule is CC(C)C[C@H](NC(=O)C1=CC(C)(NC(C)C)CC=C1OCCCCCN=C(N)N)C(O)=CNNN=NN. The molecule has 0 aromatic rings. The van der Waals surface area contributed by atoms with Gasteiger partial charge in [-0.3, -0.25) is 15.2 Å². The van der Waals surface area contributed by atoms with Gasteiger partial charge in [-0.05, 0) is 62.3 Å². The van der Waals surface area contributed by atoms with Crippen molar-refractivity contribution in [2.24, 2.45) is 38.7 Å². The van der Waals surface area contributed by atoms with Gasteiger partial charge in [-0.2, -0.15) is 0 Å². The largest absolute Gasteiger partial charge is 0.509 e. The third kappa shape index (κ3) is 12.9. The van der Waals surface area contributed by atoms with Crippen molar-refractivity contribution in [3.05, 3.63) is 35.4 Å². The third-order valence-electron chi connectivity index (χ3n) is 5.42. The third-order valence-corrected chi connectivity index (χ3v) is 5.42. The molecule has 37 heavy (non-hydrogen) atoms. The molecular weight excluding hydrogens is 476 g/mol. The summed E-state index contributed by atoms with van der Waals surface area (Å²) in [6.45, 7) is 11.2. The smallest absolute Gasteiger partial charge is 0.255 e. The molecule has 1 aliphatic rings. The van der Waals surface area contributed by atoms with E-state index in [-0.39, 0.29) is 29.6 Å². The van der Waals surface area contributed by atoms with Crippen molar-refractivity contribution in [3.8, 4) is 0 Å². The summed E-state index contributed by atoms with van der Waals surface area (Å²) in [4.78, 5) is 17.5. The zero-order chi connectivity index (χ0) is 27.8. The fourth-order valence-electron chi connectivity index (χ4n) is 3.94. The lowest BCUT2D eigenvalue weighted by atomic mass is 9.87. The fourth-order valence-corrected chi connectivity index (χ4v) is 3.94. The Hall–Kier alpha value is -3.48. The number of carbonyl (C=O) groups is 1. The first-order chi connectivity index (χ1) is 17.5. The van der Waals surface area contributed by atoms with Crippen LogP contribution in [-0.2, 0) is 9.53 Å². The van der Waals surface area contributed by atoms with Crippen LogP contribution in [0.15, 0.2) is 50.9 Å². The fraction of sp³-hybridized carbons (Fsp3) is 0.667. The van der Waals surface area contributed by atoms with Crippen LogP contribution in [-0.4, -0.2) is 47.7 Å². The molecule has 1 aliphatic carbocycles. The second kappa shape index (κ2) is 16.3. The van der Waals surface area contributed by atoms with E-state index in [0.717, 1.165) is 19.3 Å². The van der Waals surface area contributed by atoms with E-state index in [0.29, 0.717) is 37.3 Å². The van der Waals surface area contributed by atoms with Gasteiger partial charge in [0, 0.05) is 18.1 Å². The molecule has 0 fully saturated rings. The summed E-state index contributed by atoms with van der Waals surface area (Å²) >= 11 is 0. The Morgan fingerprint density at radius 2 is 1.97 bits per heavy atom. The Balaban J connectivity index is 2.99. The number of aliphatic imine (C=N–C) groups is 1. The number of rotatable bonds is 17. The van der Waals surface area contributed by atoms with E-state index < -0.39 is 11.6 Å². The molecule has 13 heteroatoms. The lowest BCUT2D eigenvalue weighted by Gasteiger charge is -2.34. The molecule has 2 atom stereocenters. The summed E-state index contributed by atoms with van der Waals surface area (Å²) in [5, 5.41) is 23.5. The number of ether oxygens (including phenoxy) is 1. The minimum Gasteiger partial charge on any atom is -0.509 e. The van der Waals surface area contributed by atoms with Gasteiger partial charge in [0.2, 0.25) is 0 Å². The molecule has 0 bridgehead atoms. The van der Waals surface area contributed by atoms with Crippen LogP contribution >= 0.6 is 0 Å². The summed E-state index contributed by atoms with van der Waals surface area (Å²) in [6, 6.07) is -0.419. The summed E-state index contributed by atoms with van der Waals surface area (Å²) in [5.41, 5.74) is 15.6. The van der Waals surface area contributed by atoms with E-state index >= 15 is 0 Å². The summed E-state index contributed by atoms with van der Waals surface area (Å²) in [7, 11) is 0. The standard InChI is InChI=1S/C24H46N10O3/c1-16(2)13-19(20(35)15-29-33-34-32-27)30-22(36)18-14-24(5,31-17(3)4)10-9-21(18)37-12-8-6-7-11-28-23(25)26/h9,14-17,19,31,35H,6-8,10-13H2,1-5H3,(H,30,36)(H,32,33)(H4,25,26,28)(H3,27,29,34)/t19-,24?/m0/s1. The van der Waals surface area contributed by atoms with Crippen molar-refractivity contribution in [3.63, 3.8) is 0 Å². The number of aliphatic hydroxyl groups excluding tert-OH is 1. The van der Waals surface area contributed by atoms with Crippen molar-refractivity contribution in [1.82, 2.24) is 21.6 Å². The zero-order valence-electron chi connectivity index (χ0n) is 22.8. The molecule has 0 radical (unpaired) electrons. The van der Waals surface area contributed by atoms with Gasteiger partial charge < -0.3 is 37.8 Å². The average Bonchev–Trinajstić information content (AvgIpc) is 2.80. The molecule has 0 aromatic heterocycles. The van der Waals surface area contributed by atoms with E-state index in [9.17, 15) is 9.90 Å². The van der Waals surface area contributed by atoms with Gasteiger partial charge in [0.1, 0.15) is 11.5 Å². The summed E-state index contributed by atoms with van der Waals surface area (Å²) in [6.07, 6.45) is 8.86. The van der Waals surface area contributed by atoms with Gasteiger partial charge in [0.05, 0.1) is 24.4 Å². The molecule has 0 spiro atoms. The Morgan fingerprint density at radius 1 is 1.24 bits per heavy atom. The Morgan fingerprint density at radius 3 is 2.59 bits per heavy atom. The maximum atomic E-state index is 13.5. The molecular formula is C24H46N10O3. The van der Waals surface area contributed by atoms with E-state index in [1.54, 1.807) is 0 Å². The van der Waals surface area contributed by atoms with Crippen molar-refractivity contribution < 1.29 is 14.6 Å². The van der Waals surface area contributed by atoms with Crippen LogP contribution in [0, 0.1) is 5.92 Å². The van der Waals surface area contributed by atoms with Crippen molar-refractivity contribution >= 4 is 11.9 Å². The number of carbonyl (C=O) groups excluding carboxylic acids is 1. The first-order valence-electron chi connectivity index (χ1n) is 12.7. The molecule has 0 aromatic carbocycles. The maximum Gasteiger partial charge on any atom is 0.255 e. The normalized spacial score (nSPS) is 18.8. The topological polar surface area (TPSA) is 210 Å².